The van der Waals surface area contributed by atoms with Gasteiger partial charge in [0.25, 0.3) is 0 Å². The molecule has 0 saturated heterocycles. The molecule has 13 heavy (non-hydrogen) atoms. The number of carbonyl (C=O) groups excluding carboxylic acids is 1. The minimum absolute atomic E-state index is 0.310. The van der Waals surface area contributed by atoms with E-state index in [0.717, 1.165) is 5.56 Å². The Morgan fingerprint density at radius 1 is 1.46 bits per heavy atom. The zero-order valence-electron chi connectivity index (χ0n) is 7.57. The normalized spacial score (nSPS) is 12.4. The van der Waals surface area contributed by atoms with Gasteiger partial charge >= 0.3 is 5.97 Å². The number of hydrogen-bond donors (Lipinski definition) is 1. The molecule has 1 rings (SSSR count). The van der Waals surface area contributed by atoms with Crippen molar-refractivity contribution in [3.63, 3.8) is 0 Å². The van der Waals surface area contributed by atoms with Crippen LogP contribution >= 0.6 is 0 Å². The Labute approximate surface area is 80.4 Å². The maximum Gasteiger partial charge on any atom is 0.309 e. The fourth-order valence-corrected chi connectivity index (χ4v) is 1.41. The van der Waals surface area contributed by atoms with Crippen molar-refractivity contribution >= 4 is 16.5 Å². The van der Waals surface area contributed by atoms with Crippen molar-refractivity contribution in [1.82, 2.24) is 0 Å². The Morgan fingerprint density at radius 2 is 2.08 bits per heavy atom. The van der Waals surface area contributed by atoms with Gasteiger partial charge in [-0.1, -0.05) is 30.3 Å². The van der Waals surface area contributed by atoms with Gasteiger partial charge in [0.05, 0.1) is 0 Å². The molecule has 1 aromatic rings. The highest BCUT2D eigenvalue weighted by atomic mass is 28.2. The second-order valence-electron chi connectivity index (χ2n) is 2.82. The zero-order chi connectivity index (χ0) is 9.68. The van der Waals surface area contributed by atoms with Crippen LogP contribution in [0.2, 0.25) is 0 Å². The summed E-state index contributed by atoms with van der Waals surface area (Å²) in [5.41, 5.74) is 6.66. The number of hydrogen-bond acceptors (Lipinski definition) is 3. The van der Waals surface area contributed by atoms with Gasteiger partial charge in [0.15, 0.2) is 0 Å². The molecule has 3 nitrogen and oxygen atoms in total. The second kappa shape index (κ2) is 4.79. The summed E-state index contributed by atoms with van der Waals surface area (Å²) < 4.78 is 4.66. The van der Waals surface area contributed by atoms with Gasteiger partial charge in [-0.2, -0.15) is 0 Å². The van der Waals surface area contributed by atoms with Crippen molar-refractivity contribution in [1.29, 1.82) is 0 Å². The van der Waals surface area contributed by atoms with Gasteiger partial charge in [0.2, 0.25) is 10.5 Å². The molecular weight excluding hydrogens is 182 g/mol. The molecule has 0 radical (unpaired) electrons. The van der Waals surface area contributed by atoms with E-state index in [1.807, 2.05) is 30.3 Å². The molecule has 0 bridgehead atoms. The van der Waals surface area contributed by atoms with Crippen LogP contribution in [0.4, 0.5) is 0 Å². The standard InChI is InChI=1S/C9H13NO2Si/c10-8(9(11)12-13)6-7-4-2-1-3-5-7/h1-5,8H,6,10H2,13H3/t8-/m0/s1. The van der Waals surface area contributed by atoms with E-state index in [1.54, 1.807) is 0 Å². The fourth-order valence-electron chi connectivity index (χ4n) is 1.10. The Hall–Kier alpha value is -1.13. The summed E-state index contributed by atoms with van der Waals surface area (Å²) in [7, 11) is 0.408. The largest absolute Gasteiger partial charge is 0.528 e. The van der Waals surface area contributed by atoms with Crippen LogP contribution < -0.4 is 5.73 Å². The molecule has 1 aromatic carbocycles. The first kappa shape index (κ1) is 9.95. The lowest BCUT2D eigenvalue weighted by atomic mass is 10.1. The molecule has 0 aliphatic rings. The SMILES string of the molecule is N[C@@H](Cc1ccccc1)C(=O)O[SiH3]. The summed E-state index contributed by atoms with van der Waals surface area (Å²) in [5, 5.41) is 0. The molecule has 0 aromatic heterocycles. The third-order valence-corrected chi connectivity index (χ3v) is 2.20. The predicted molar refractivity (Wildman–Crippen MR) is 54.2 cm³/mol. The van der Waals surface area contributed by atoms with Gasteiger partial charge in [-0.05, 0) is 12.0 Å². The molecule has 0 amide bonds. The Balaban J connectivity index is 2.55. The summed E-state index contributed by atoms with van der Waals surface area (Å²) in [4.78, 5) is 11.0. The van der Waals surface area contributed by atoms with Crippen molar-refractivity contribution in [3.8, 4) is 0 Å². The number of rotatable bonds is 3. The van der Waals surface area contributed by atoms with E-state index in [-0.39, 0.29) is 5.97 Å². The van der Waals surface area contributed by atoms with Crippen LogP contribution in [0.3, 0.4) is 0 Å². The van der Waals surface area contributed by atoms with Crippen LogP contribution in [0.25, 0.3) is 0 Å². The van der Waals surface area contributed by atoms with Gasteiger partial charge in [-0.25, -0.2) is 0 Å². The molecule has 0 aliphatic carbocycles. The average molecular weight is 195 g/mol. The lowest BCUT2D eigenvalue weighted by Gasteiger charge is -2.08. The molecule has 0 fully saturated rings. The maximum atomic E-state index is 11.0. The van der Waals surface area contributed by atoms with Crippen LogP contribution in [0.5, 0.6) is 0 Å². The van der Waals surface area contributed by atoms with Crippen molar-refractivity contribution in [3.05, 3.63) is 35.9 Å². The molecule has 1 atom stereocenters. The van der Waals surface area contributed by atoms with E-state index < -0.39 is 6.04 Å². The molecule has 0 saturated carbocycles. The Morgan fingerprint density at radius 3 is 2.62 bits per heavy atom. The van der Waals surface area contributed by atoms with E-state index >= 15 is 0 Å². The van der Waals surface area contributed by atoms with Crippen LogP contribution in [-0.2, 0) is 15.6 Å². The first-order valence-corrected chi connectivity index (χ1v) is 4.93. The van der Waals surface area contributed by atoms with E-state index in [2.05, 4.69) is 4.43 Å². The van der Waals surface area contributed by atoms with E-state index in [4.69, 9.17) is 5.73 Å². The lowest BCUT2D eigenvalue weighted by Crippen LogP contribution is -2.33. The highest BCUT2D eigenvalue weighted by molar-refractivity contribution is 6.06. The molecule has 0 unspecified atom stereocenters. The predicted octanol–water partition coefficient (Wildman–Crippen LogP) is -0.620. The third-order valence-electron chi connectivity index (χ3n) is 1.80. The highest BCUT2D eigenvalue weighted by Crippen LogP contribution is 2.02. The van der Waals surface area contributed by atoms with Crippen LogP contribution in [0.15, 0.2) is 30.3 Å². The number of nitrogens with two attached hydrogens (primary N) is 1. The third kappa shape index (κ3) is 3.00. The van der Waals surface area contributed by atoms with Crippen LogP contribution in [-0.4, -0.2) is 22.5 Å². The summed E-state index contributed by atoms with van der Waals surface area (Å²) in [6, 6.07) is 9.14. The quantitative estimate of drug-likeness (QED) is 0.654. The van der Waals surface area contributed by atoms with Gasteiger partial charge in [-0.15, -0.1) is 0 Å². The molecular formula is C9H13NO2Si. The second-order valence-corrected chi connectivity index (χ2v) is 3.23. The average Bonchev–Trinajstić information content (AvgIpc) is 2.18. The smallest absolute Gasteiger partial charge is 0.309 e. The number of benzene rings is 1. The van der Waals surface area contributed by atoms with E-state index in [1.165, 1.54) is 0 Å². The van der Waals surface area contributed by atoms with Gasteiger partial charge in [0, 0.05) is 0 Å². The van der Waals surface area contributed by atoms with E-state index in [0.29, 0.717) is 16.9 Å². The molecule has 0 spiro atoms. The highest BCUT2D eigenvalue weighted by Gasteiger charge is 2.12. The summed E-state index contributed by atoms with van der Waals surface area (Å²) in [5.74, 6) is -0.310. The minimum Gasteiger partial charge on any atom is -0.528 e. The monoisotopic (exact) mass is 195 g/mol. The van der Waals surface area contributed by atoms with Gasteiger partial charge in [-0.3, -0.25) is 4.79 Å². The summed E-state index contributed by atoms with van der Waals surface area (Å²) in [6.45, 7) is 0. The van der Waals surface area contributed by atoms with Crippen molar-refractivity contribution in [2.75, 3.05) is 0 Å². The molecule has 70 valence electrons. The lowest BCUT2D eigenvalue weighted by molar-refractivity contribution is -0.135. The van der Waals surface area contributed by atoms with Crippen LogP contribution in [0, 0.1) is 0 Å². The first-order valence-electron chi connectivity index (χ1n) is 4.11. The van der Waals surface area contributed by atoms with E-state index in [9.17, 15) is 4.79 Å². The molecule has 0 heterocycles. The molecule has 0 aliphatic heterocycles. The summed E-state index contributed by atoms with van der Waals surface area (Å²) in [6.07, 6.45) is 0.544. The fraction of sp³-hybridized carbons (Fsp3) is 0.222. The van der Waals surface area contributed by atoms with Gasteiger partial charge < -0.3 is 10.2 Å². The van der Waals surface area contributed by atoms with Crippen molar-refractivity contribution in [2.45, 2.75) is 12.5 Å². The summed E-state index contributed by atoms with van der Waals surface area (Å²) >= 11 is 0. The minimum atomic E-state index is -0.528. The number of carbonyl (C=O) groups is 1. The topological polar surface area (TPSA) is 52.3 Å². The molecule has 4 heteroatoms. The molecule has 2 N–H and O–H groups in total. The van der Waals surface area contributed by atoms with Crippen molar-refractivity contribution < 1.29 is 9.22 Å². The Bertz CT molecular complexity index is 276. The zero-order valence-corrected chi connectivity index (χ0v) is 9.57. The van der Waals surface area contributed by atoms with Crippen LogP contribution in [0.1, 0.15) is 5.56 Å². The van der Waals surface area contributed by atoms with Crippen molar-refractivity contribution in [2.24, 2.45) is 5.73 Å². The maximum absolute atomic E-state index is 11.0. The van der Waals surface area contributed by atoms with Gasteiger partial charge in [0.1, 0.15) is 6.04 Å². The first-order chi connectivity index (χ1) is 6.24. The Kier molecular flexibility index (Phi) is 3.66.